The number of nitrogens with one attached hydrogen (secondary N) is 9. The lowest BCUT2D eigenvalue weighted by Crippen LogP contribution is -2.59. The Morgan fingerprint density at radius 1 is 0.716 bits per heavy atom. The predicted octanol–water partition coefficient (Wildman–Crippen LogP) is 1.60. The van der Waals surface area contributed by atoms with E-state index in [-0.39, 0.29) is 66.9 Å². The fourth-order valence-electron chi connectivity index (χ4n) is 7.94. The Labute approximate surface area is 395 Å². The fraction of sp³-hybridized carbons (Fsp3) is 0.592. The van der Waals surface area contributed by atoms with Crippen molar-refractivity contribution in [1.29, 1.82) is 0 Å². The van der Waals surface area contributed by atoms with Gasteiger partial charge in [0, 0.05) is 36.3 Å². The summed E-state index contributed by atoms with van der Waals surface area (Å²) in [5, 5.41) is 25.7. The lowest BCUT2D eigenvalue weighted by Gasteiger charge is -2.36. The van der Waals surface area contributed by atoms with Crippen LogP contribution in [0.3, 0.4) is 0 Å². The Morgan fingerprint density at radius 3 is 1.93 bits per heavy atom. The Morgan fingerprint density at radius 2 is 1.31 bits per heavy atom. The second-order valence-electron chi connectivity index (χ2n) is 19.3. The van der Waals surface area contributed by atoms with Crippen LogP contribution in [0.15, 0.2) is 48.5 Å². The summed E-state index contributed by atoms with van der Waals surface area (Å²) in [6, 6.07) is 7.47. The van der Waals surface area contributed by atoms with Gasteiger partial charge in [-0.3, -0.25) is 38.4 Å². The van der Waals surface area contributed by atoms with Crippen molar-refractivity contribution >= 4 is 47.3 Å². The van der Waals surface area contributed by atoms with E-state index < -0.39 is 83.2 Å². The molecule has 0 saturated carbocycles. The maximum atomic E-state index is 14.6. The van der Waals surface area contributed by atoms with Crippen LogP contribution in [0.2, 0.25) is 0 Å². The lowest BCUT2D eigenvalue weighted by atomic mass is 9.85. The van der Waals surface area contributed by atoms with Crippen molar-refractivity contribution in [1.82, 2.24) is 52.8 Å². The number of likely N-dealkylation sites (N-methyl/N-ethyl adjacent to an activating group) is 2. The molecule has 18 nitrogen and oxygen atoms in total. The van der Waals surface area contributed by atoms with Gasteiger partial charge < -0.3 is 52.8 Å². The molecule has 0 unspecified atom stereocenters. The van der Waals surface area contributed by atoms with Crippen LogP contribution in [0.1, 0.15) is 126 Å². The Bertz CT molecular complexity index is 2110. The number of aryl methyl sites for hydroxylation is 1. The molecule has 67 heavy (non-hydrogen) atoms. The topological polar surface area (TPSA) is 248 Å². The molecule has 0 spiro atoms. The molecule has 0 bridgehead atoms. The molecule has 2 aliphatic rings. The number of likely N-dealkylation sites (tertiary alicyclic amines) is 1. The van der Waals surface area contributed by atoms with Crippen molar-refractivity contribution in [2.75, 3.05) is 27.2 Å². The molecule has 2 aromatic carbocycles. The van der Waals surface area contributed by atoms with E-state index in [4.69, 9.17) is 0 Å². The van der Waals surface area contributed by atoms with Crippen molar-refractivity contribution in [3.8, 4) is 0 Å². The third-order valence-corrected chi connectivity index (χ3v) is 12.9. The second-order valence-corrected chi connectivity index (χ2v) is 19.3. The Kier molecular flexibility index (Phi) is 19.4. The minimum Gasteiger partial charge on any atom is -0.352 e. The van der Waals surface area contributed by atoms with Crippen LogP contribution in [-0.2, 0) is 35.2 Å². The van der Waals surface area contributed by atoms with Crippen molar-refractivity contribution < 1.29 is 38.4 Å². The van der Waals surface area contributed by atoms with Crippen molar-refractivity contribution in [3.05, 3.63) is 70.8 Å². The maximum Gasteiger partial charge on any atom is 0.251 e. The van der Waals surface area contributed by atoms with Crippen molar-refractivity contribution in [2.24, 2.45) is 11.3 Å². The number of fused-ring (bicyclic) bond motifs is 1. The number of hydrogen-bond acceptors (Lipinski definition) is 10. The molecule has 1 aliphatic carbocycles. The van der Waals surface area contributed by atoms with E-state index in [1.165, 1.54) is 29.2 Å². The van der Waals surface area contributed by atoms with Gasteiger partial charge in [-0.25, -0.2) is 0 Å². The molecule has 1 fully saturated rings. The molecule has 368 valence electrons. The molecule has 1 heterocycles. The van der Waals surface area contributed by atoms with Gasteiger partial charge in [0.05, 0.1) is 18.1 Å². The van der Waals surface area contributed by atoms with Gasteiger partial charge in [0.1, 0.15) is 24.2 Å². The van der Waals surface area contributed by atoms with Gasteiger partial charge in [-0.05, 0) is 108 Å². The molecule has 9 N–H and O–H groups in total. The number of carbonyl (C=O) groups is 8. The van der Waals surface area contributed by atoms with Gasteiger partial charge in [-0.2, -0.15) is 0 Å². The zero-order chi connectivity index (χ0) is 49.7. The first-order chi connectivity index (χ1) is 31.6. The third kappa shape index (κ3) is 14.6. The minimum absolute atomic E-state index is 0.0180. The van der Waals surface area contributed by atoms with Crippen LogP contribution in [0.5, 0.6) is 0 Å². The van der Waals surface area contributed by atoms with Crippen molar-refractivity contribution in [2.45, 2.75) is 149 Å². The maximum absolute atomic E-state index is 14.6. The highest BCUT2D eigenvalue weighted by molar-refractivity contribution is 6.01. The van der Waals surface area contributed by atoms with Crippen LogP contribution in [0.4, 0.5) is 0 Å². The zero-order valence-electron chi connectivity index (χ0n) is 41.1. The first kappa shape index (κ1) is 53.7. The normalized spacial score (nSPS) is 19.6. The summed E-state index contributed by atoms with van der Waals surface area (Å²) in [5.41, 5.74) is 1.67. The van der Waals surface area contributed by atoms with E-state index in [0.717, 1.165) is 30.4 Å². The predicted molar refractivity (Wildman–Crippen MR) is 255 cm³/mol. The van der Waals surface area contributed by atoms with E-state index in [1.807, 2.05) is 59.7 Å². The summed E-state index contributed by atoms with van der Waals surface area (Å²) < 4.78 is 0. The van der Waals surface area contributed by atoms with E-state index in [2.05, 4.69) is 53.9 Å². The molecule has 1 aliphatic heterocycles. The van der Waals surface area contributed by atoms with Crippen LogP contribution in [-0.4, -0.2) is 128 Å². The monoisotopic (exact) mass is 931 g/mol. The molecule has 9 atom stereocenters. The zero-order valence-corrected chi connectivity index (χ0v) is 41.1. The molecule has 18 heteroatoms. The molecule has 2 aromatic rings. The van der Waals surface area contributed by atoms with Crippen LogP contribution in [0, 0.1) is 11.3 Å². The largest absolute Gasteiger partial charge is 0.352 e. The highest BCUT2D eigenvalue weighted by Gasteiger charge is 2.46. The minimum atomic E-state index is -1.21. The molecule has 8 amide bonds. The summed E-state index contributed by atoms with van der Waals surface area (Å²) in [5.74, 6) is -3.82. The number of carbonyl (C=O) groups excluding carboxylic acids is 8. The number of rotatable bonds is 20. The number of benzene rings is 2. The quantitative estimate of drug-likeness (QED) is 0.0929. The fourth-order valence-corrected chi connectivity index (χ4v) is 7.94. The average molecular weight is 931 g/mol. The molecular weight excluding hydrogens is 857 g/mol. The van der Waals surface area contributed by atoms with Crippen molar-refractivity contribution in [3.63, 3.8) is 0 Å². The van der Waals surface area contributed by atoms with Gasteiger partial charge in [0.25, 0.3) is 11.8 Å². The summed E-state index contributed by atoms with van der Waals surface area (Å²) >= 11 is 0. The molecule has 1 saturated heterocycles. The standard InChI is InChI=1S/C49H74N10O8/c1-12-36(55-41(60)29(5)50-10)45(64)57-38(46(65)53-28(4)27(2)3)25-52-43(62)32-19-15-20-33(23-32)44(63)54-34-24-39(47(66)56-37-22-16-18-31-17-13-14-21-35(31)37)59(26-34)48(67)40(49(7,8)9)58-42(61)30(6)51-11/h13-15,17,19-21,23,27-30,34,36-40,50-51H,12,16,18,22,24-26H2,1-11H3,(H,52,62)(H,53,65)(H,54,63)(H,55,60)(H,56,66)(H,57,64)(H,58,61)/t28-,29+,30+,34+,36+,37-,38+,39+,40-/m1/s1. The Hall–Kier alpha value is -5.88. The van der Waals surface area contributed by atoms with E-state index >= 15 is 0 Å². The lowest BCUT2D eigenvalue weighted by molar-refractivity contribution is -0.144. The van der Waals surface area contributed by atoms with E-state index in [9.17, 15) is 38.4 Å². The SMILES string of the molecule is CC[C@H](NC(=O)[C@H](C)NC)C(=O)N[C@@H](CNC(=O)c1cccc(C(=O)N[C@H]2C[C@@H](C(=O)N[C@@H]3CCCc4ccccc43)N(C(=O)[C@@H](NC(=O)[C@H](C)NC)C(C)(C)C)C2)c1)C(=O)N[C@H](C)C(C)C. The summed E-state index contributed by atoms with van der Waals surface area (Å²) in [4.78, 5) is 110. The highest BCUT2D eigenvalue weighted by atomic mass is 16.2. The van der Waals surface area contributed by atoms with Gasteiger partial charge in [-0.15, -0.1) is 0 Å². The molecule has 4 rings (SSSR count). The first-order valence-electron chi connectivity index (χ1n) is 23.5. The summed E-state index contributed by atoms with van der Waals surface area (Å²) in [7, 11) is 3.26. The van der Waals surface area contributed by atoms with Gasteiger partial charge in [0.2, 0.25) is 35.4 Å². The molecule has 0 radical (unpaired) electrons. The number of amides is 8. The summed E-state index contributed by atoms with van der Waals surface area (Å²) in [6.07, 6.45) is 2.85. The first-order valence-corrected chi connectivity index (χ1v) is 23.5. The smallest absolute Gasteiger partial charge is 0.251 e. The second kappa shape index (κ2) is 24.2. The van der Waals surface area contributed by atoms with Gasteiger partial charge in [0.15, 0.2) is 0 Å². The van der Waals surface area contributed by atoms with Gasteiger partial charge in [-0.1, -0.05) is 71.9 Å². The third-order valence-electron chi connectivity index (χ3n) is 12.9. The highest BCUT2D eigenvalue weighted by Crippen LogP contribution is 2.31. The number of nitrogens with zero attached hydrogens (tertiary/aromatic N) is 1. The Balaban J connectivity index is 1.53. The van der Waals surface area contributed by atoms with Gasteiger partial charge >= 0.3 is 0 Å². The van der Waals surface area contributed by atoms with E-state index in [0.29, 0.717) is 0 Å². The van der Waals surface area contributed by atoms with Crippen LogP contribution in [0.25, 0.3) is 0 Å². The average Bonchev–Trinajstić information content (AvgIpc) is 3.73. The molecule has 0 aromatic heterocycles. The van der Waals surface area contributed by atoms with E-state index in [1.54, 1.807) is 34.9 Å². The number of hydrogen-bond donors (Lipinski definition) is 9. The molecular formula is C49H74N10O8. The summed E-state index contributed by atoms with van der Waals surface area (Å²) in [6.45, 7) is 15.9. The van der Waals surface area contributed by atoms with Crippen LogP contribution < -0.4 is 47.9 Å². The van der Waals surface area contributed by atoms with Crippen LogP contribution >= 0.6 is 0 Å².